The fourth-order valence-corrected chi connectivity index (χ4v) is 4.93. The molecule has 2 saturated carbocycles. The monoisotopic (exact) mass is 369 g/mol. The molecule has 2 aliphatic carbocycles. The van der Waals surface area contributed by atoms with Gasteiger partial charge in [0, 0.05) is 12.1 Å². The standard InChI is InChI=1S/C21H23NO5/c1-12-2-4-13(5-3-12)16(23)11-27-17(24)8-9-22-20(25)18-14-6-7-15(10-14)19(18)21(22)26/h2-5,14-15,18-19H,6-11H2,1H3/t14-,15-,18+,19+/m0/s1. The number of likely N-dealkylation sites (tertiary alicyclic amines) is 1. The van der Waals surface area contributed by atoms with Crippen molar-refractivity contribution in [2.24, 2.45) is 23.7 Å². The summed E-state index contributed by atoms with van der Waals surface area (Å²) in [4.78, 5) is 50.4. The van der Waals surface area contributed by atoms with Crippen molar-refractivity contribution in [3.63, 3.8) is 0 Å². The molecule has 0 unspecified atom stereocenters. The quantitative estimate of drug-likeness (QED) is 0.436. The topological polar surface area (TPSA) is 80.8 Å². The van der Waals surface area contributed by atoms with Gasteiger partial charge in [0.1, 0.15) is 0 Å². The van der Waals surface area contributed by atoms with E-state index in [0.717, 1.165) is 24.8 Å². The Bertz CT molecular complexity index is 771. The number of ketones is 1. The number of rotatable bonds is 6. The van der Waals surface area contributed by atoms with E-state index in [1.807, 2.05) is 19.1 Å². The first-order valence-corrected chi connectivity index (χ1v) is 9.56. The Balaban J connectivity index is 1.27. The number of carbonyl (C=O) groups is 4. The SMILES string of the molecule is Cc1ccc(C(=O)COC(=O)CCN2C(=O)[C@@H]3[C@H]4CC[C@@H](C4)[C@H]3C2=O)cc1. The van der Waals surface area contributed by atoms with Crippen LogP contribution in [-0.2, 0) is 19.1 Å². The van der Waals surface area contributed by atoms with Gasteiger partial charge in [-0.05, 0) is 38.0 Å². The first-order chi connectivity index (χ1) is 13.0. The van der Waals surface area contributed by atoms with Crippen LogP contribution in [0.25, 0.3) is 0 Å². The first kappa shape index (κ1) is 17.9. The predicted molar refractivity (Wildman–Crippen MR) is 95.6 cm³/mol. The summed E-state index contributed by atoms with van der Waals surface area (Å²) in [5, 5.41) is 0. The van der Waals surface area contributed by atoms with E-state index in [1.165, 1.54) is 4.90 Å². The zero-order chi connectivity index (χ0) is 19.1. The van der Waals surface area contributed by atoms with Gasteiger partial charge in [0.25, 0.3) is 0 Å². The largest absolute Gasteiger partial charge is 0.457 e. The first-order valence-electron chi connectivity index (χ1n) is 9.56. The lowest BCUT2D eigenvalue weighted by molar-refractivity contribution is -0.145. The van der Waals surface area contributed by atoms with Gasteiger partial charge in [-0.2, -0.15) is 0 Å². The molecular weight excluding hydrogens is 346 g/mol. The second kappa shape index (κ2) is 6.91. The van der Waals surface area contributed by atoms with Gasteiger partial charge >= 0.3 is 5.97 Å². The van der Waals surface area contributed by atoms with Crippen LogP contribution in [0.2, 0.25) is 0 Å². The van der Waals surface area contributed by atoms with Gasteiger partial charge in [-0.15, -0.1) is 0 Å². The molecule has 1 heterocycles. The zero-order valence-electron chi connectivity index (χ0n) is 15.3. The lowest BCUT2D eigenvalue weighted by Gasteiger charge is -2.19. The maximum absolute atomic E-state index is 12.6. The van der Waals surface area contributed by atoms with Crippen LogP contribution in [0, 0.1) is 30.6 Å². The summed E-state index contributed by atoms with van der Waals surface area (Å²) < 4.78 is 5.03. The fourth-order valence-electron chi connectivity index (χ4n) is 4.93. The Hall–Kier alpha value is -2.50. The van der Waals surface area contributed by atoms with Crippen LogP contribution in [0.1, 0.15) is 41.6 Å². The molecule has 1 aliphatic heterocycles. The molecule has 0 aromatic heterocycles. The third-order valence-corrected chi connectivity index (χ3v) is 6.30. The number of hydrogen-bond donors (Lipinski definition) is 0. The second-order valence-electron chi connectivity index (χ2n) is 7.91. The highest BCUT2D eigenvalue weighted by molar-refractivity contribution is 6.06. The molecule has 6 nitrogen and oxygen atoms in total. The van der Waals surface area contributed by atoms with Gasteiger partial charge in [0.2, 0.25) is 11.8 Å². The summed E-state index contributed by atoms with van der Waals surface area (Å²) in [6.07, 6.45) is 2.97. The number of hydrogen-bond acceptors (Lipinski definition) is 5. The fraction of sp³-hybridized carbons (Fsp3) is 0.524. The molecule has 0 N–H and O–H groups in total. The Kier molecular flexibility index (Phi) is 4.58. The van der Waals surface area contributed by atoms with E-state index >= 15 is 0 Å². The Morgan fingerprint density at radius 3 is 2.22 bits per heavy atom. The minimum atomic E-state index is -0.573. The Labute approximate surface area is 157 Å². The summed E-state index contributed by atoms with van der Waals surface area (Å²) in [6, 6.07) is 7.04. The van der Waals surface area contributed by atoms with Gasteiger partial charge in [0.05, 0.1) is 18.3 Å². The van der Waals surface area contributed by atoms with Gasteiger partial charge in [0.15, 0.2) is 12.4 Å². The van der Waals surface area contributed by atoms with Crippen molar-refractivity contribution in [2.45, 2.75) is 32.6 Å². The van der Waals surface area contributed by atoms with Crippen molar-refractivity contribution in [3.05, 3.63) is 35.4 Å². The molecular formula is C21H23NO5. The van der Waals surface area contributed by atoms with Gasteiger partial charge in [-0.3, -0.25) is 24.1 Å². The number of fused-ring (bicyclic) bond motifs is 5. The third kappa shape index (κ3) is 3.17. The molecule has 3 fully saturated rings. The second-order valence-corrected chi connectivity index (χ2v) is 7.91. The maximum atomic E-state index is 12.6. The third-order valence-electron chi connectivity index (χ3n) is 6.30. The molecule has 2 bridgehead atoms. The van der Waals surface area contributed by atoms with Crippen molar-refractivity contribution in [2.75, 3.05) is 13.2 Å². The van der Waals surface area contributed by atoms with Gasteiger partial charge in [-0.1, -0.05) is 29.8 Å². The van der Waals surface area contributed by atoms with Crippen molar-refractivity contribution < 1.29 is 23.9 Å². The molecule has 2 amide bonds. The van der Waals surface area contributed by atoms with Crippen LogP contribution < -0.4 is 0 Å². The highest BCUT2D eigenvalue weighted by Gasteiger charge is 2.60. The van der Waals surface area contributed by atoms with E-state index < -0.39 is 5.97 Å². The molecule has 4 rings (SSSR count). The number of imide groups is 1. The molecule has 1 saturated heterocycles. The molecule has 4 atom stereocenters. The minimum Gasteiger partial charge on any atom is -0.457 e. The number of nitrogens with zero attached hydrogens (tertiary/aromatic N) is 1. The van der Waals surface area contributed by atoms with E-state index in [9.17, 15) is 19.2 Å². The number of amides is 2. The summed E-state index contributed by atoms with van der Waals surface area (Å²) >= 11 is 0. The number of esters is 1. The molecule has 1 aromatic rings. The Morgan fingerprint density at radius 1 is 1.04 bits per heavy atom. The van der Waals surface area contributed by atoms with E-state index in [4.69, 9.17) is 4.74 Å². The lowest BCUT2D eigenvalue weighted by atomic mass is 9.81. The van der Waals surface area contributed by atoms with Crippen LogP contribution >= 0.6 is 0 Å². The van der Waals surface area contributed by atoms with Crippen molar-refractivity contribution in [3.8, 4) is 0 Å². The van der Waals surface area contributed by atoms with Crippen LogP contribution in [0.15, 0.2) is 24.3 Å². The number of aryl methyl sites for hydroxylation is 1. The average Bonchev–Trinajstić information content (AvgIpc) is 3.33. The molecule has 0 spiro atoms. The summed E-state index contributed by atoms with van der Waals surface area (Å²) in [6.45, 7) is 1.63. The van der Waals surface area contributed by atoms with Crippen molar-refractivity contribution in [1.82, 2.24) is 4.90 Å². The molecule has 142 valence electrons. The minimum absolute atomic E-state index is 0.0433. The van der Waals surface area contributed by atoms with Crippen molar-refractivity contribution in [1.29, 1.82) is 0 Å². The van der Waals surface area contributed by atoms with Gasteiger partial charge in [-0.25, -0.2) is 0 Å². The number of benzene rings is 1. The molecule has 0 radical (unpaired) electrons. The summed E-state index contributed by atoms with van der Waals surface area (Å²) in [5.41, 5.74) is 1.53. The van der Waals surface area contributed by atoms with Gasteiger partial charge < -0.3 is 4.74 Å². The van der Waals surface area contributed by atoms with Crippen molar-refractivity contribution >= 4 is 23.6 Å². The summed E-state index contributed by atoms with van der Waals surface area (Å²) in [5.74, 6) is -0.771. The average molecular weight is 369 g/mol. The number of ether oxygens (including phenoxy) is 1. The molecule has 3 aliphatic rings. The molecule has 27 heavy (non-hydrogen) atoms. The van der Waals surface area contributed by atoms with Crippen LogP contribution in [-0.4, -0.2) is 41.6 Å². The highest BCUT2D eigenvalue weighted by atomic mass is 16.5. The highest BCUT2D eigenvalue weighted by Crippen LogP contribution is 2.56. The molecule has 6 heteroatoms. The maximum Gasteiger partial charge on any atom is 0.308 e. The van der Waals surface area contributed by atoms with Crippen LogP contribution in [0.5, 0.6) is 0 Å². The normalized spacial score (nSPS) is 28.6. The Morgan fingerprint density at radius 2 is 1.63 bits per heavy atom. The predicted octanol–water partition coefficient (Wildman–Crippen LogP) is 2.14. The van der Waals surface area contributed by atoms with E-state index in [0.29, 0.717) is 17.4 Å². The van der Waals surface area contributed by atoms with E-state index in [2.05, 4.69) is 0 Å². The van der Waals surface area contributed by atoms with Crippen LogP contribution in [0.4, 0.5) is 0 Å². The van der Waals surface area contributed by atoms with Crippen LogP contribution in [0.3, 0.4) is 0 Å². The van der Waals surface area contributed by atoms with E-state index in [1.54, 1.807) is 12.1 Å². The lowest BCUT2D eigenvalue weighted by Crippen LogP contribution is -2.35. The number of carbonyl (C=O) groups excluding carboxylic acids is 4. The molecule has 1 aromatic carbocycles. The smallest absolute Gasteiger partial charge is 0.308 e. The van der Waals surface area contributed by atoms with E-state index in [-0.39, 0.29) is 49.0 Å². The zero-order valence-corrected chi connectivity index (χ0v) is 15.3. The number of Topliss-reactive ketones (excluding diaryl/α,β-unsaturated/α-hetero) is 1. The summed E-state index contributed by atoms with van der Waals surface area (Å²) in [7, 11) is 0.